The highest BCUT2D eigenvalue weighted by Crippen LogP contribution is 2.20. The Kier molecular flexibility index (Phi) is 7.06. The number of benzene rings is 1. The van der Waals surface area contributed by atoms with E-state index in [1.54, 1.807) is 0 Å². The number of hydrogen-bond donors (Lipinski definition) is 2. The lowest BCUT2D eigenvalue weighted by atomic mass is 10.1. The van der Waals surface area contributed by atoms with Crippen molar-refractivity contribution in [2.75, 3.05) is 33.2 Å². The highest BCUT2D eigenvalue weighted by molar-refractivity contribution is 14.0. The minimum absolute atomic E-state index is 0. The summed E-state index contributed by atoms with van der Waals surface area (Å²) in [6, 6.07) is 9.04. The van der Waals surface area contributed by atoms with Crippen LogP contribution < -0.4 is 5.32 Å². The zero-order valence-electron chi connectivity index (χ0n) is 15.8. The molecule has 0 aliphatic carbocycles. The van der Waals surface area contributed by atoms with E-state index in [-0.39, 0.29) is 24.0 Å². The number of aliphatic imine (C=N–C) groups is 1. The Morgan fingerprint density at radius 2 is 2.15 bits per heavy atom. The predicted octanol–water partition coefficient (Wildman–Crippen LogP) is 2.34. The molecule has 27 heavy (non-hydrogen) atoms. The largest absolute Gasteiger partial charge is 0.352 e. The van der Waals surface area contributed by atoms with Gasteiger partial charge >= 0.3 is 0 Å². The van der Waals surface area contributed by atoms with Crippen LogP contribution in [0.4, 0.5) is 0 Å². The summed E-state index contributed by atoms with van der Waals surface area (Å²) in [5.74, 6) is 1.79. The number of guanidine groups is 1. The van der Waals surface area contributed by atoms with Crippen LogP contribution in [0.1, 0.15) is 24.8 Å². The minimum atomic E-state index is 0. The molecule has 2 aliphatic rings. The predicted molar refractivity (Wildman–Crippen MR) is 118 cm³/mol. The summed E-state index contributed by atoms with van der Waals surface area (Å²) in [4.78, 5) is 13.8. The smallest absolute Gasteiger partial charge is 0.193 e. The molecule has 1 atom stereocenters. The summed E-state index contributed by atoms with van der Waals surface area (Å²) in [7, 11) is 1.87. The van der Waals surface area contributed by atoms with E-state index in [2.05, 4.69) is 53.5 Å². The monoisotopic (exact) mass is 481 g/mol. The lowest BCUT2D eigenvalue weighted by Gasteiger charge is -2.25. The number of hydrogen-bond acceptors (Lipinski definition) is 4. The van der Waals surface area contributed by atoms with Crippen LogP contribution in [0.3, 0.4) is 0 Å². The Bertz CT molecular complexity index is 740. The molecular formula is C19H28IN7. The second kappa shape index (κ2) is 9.50. The Balaban J connectivity index is 0.00000210. The van der Waals surface area contributed by atoms with Gasteiger partial charge in [-0.05, 0) is 44.0 Å². The summed E-state index contributed by atoms with van der Waals surface area (Å²) < 4.78 is 0. The van der Waals surface area contributed by atoms with Gasteiger partial charge in [-0.2, -0.15) is 5.10 Å². The summed E-state index contributed by atoms with van der Waals surface area (Å²) in [5, 5.41) is 10.4. The Morgan fingerprint density at radius 3 is 2.89 bits per heavy atom. The van der Waals surface area contributed by atoms with Crippen LogP contribution in [-0.4, -0.2) is 70.2 Å². The van der Waals surface area contributed by atoms with Gasteiger partial charge in [-0.25, -0.2) is 4.98 Å². The molecule has 7 nitrogen and oxygen atoms in total. The molecule has 8 heteroatoms. The quantitative estimate of drug-likeness (QED) is 0.399. The zero-order chi connectivity index (χ0) is 17.8. The van der Waals surface area contributed by atoms with Gasteiger partial charge < -0.3 is 10.2 Å². The van der Waals surface area contributed by atoms with Crippen molar-refractivity contribution in [1.82, 2.24) is 30.3 Å². The molecule has 0 spiro atoms. The summed E-state index contributed by atoms with van der Waals surface area (Å²) >= 11 is 0. The number of likely N-dealkylation sites (tertiary alicyclic amines) is 2. The van der Waals surface area contributed by atoms with Crippen LogP contribution in [0.5, 0.6) is 0 Å². The molecule has 1 aromatic carbocycles. The van der Waals surface area contributed by atoms with E-state index in [0.29, 0.717) is 6.04 Å². The van der Waals surface area contributed by atoms with Crippen molar-refractivity contribution in [2.24, 2.45) is 4.99 Å². The zero-order valence-corrected chi connectivity index (χ0v) is 18.1. The molecule has 2 saturated heterocycles. The third kappa shape index (κ3) is 4.78. The van der Waals surface area contributed by atoms with Crippen molar-refractivity contribution in [3.8, 4) is 11.4 Å². The van der Waals surface area contributed by atoms with E-state index in [0.717, 1.165) is 37.0 Å². The van der Waals surface area contributed by atoms with Crippen LogP contribution in [0.15, 0.2) is 35.6 Å². The molecule has 1 aromatic heterocycles. The molecule has 2 aromatic rings. The normalized spacial score (nSPS) is 20.7. The van der Waals surface area contributed by atoms with Crippen LogP contribution >= 0.6 is 24.0 Å². The number of rotatable bonds is 4. The van der Waals surface area contributed by atoms with E-state index in [4.69, 9.17) is 0 Å². The first-order valence-corrected chi connectivity index (χ1v) is 9.48. The highest BCUT2D eigenvalue weighted by Gasteiger charge is 2.30. The van der Waals surface area contributed by atoms with Crippen LogP contribution in [0.25, 0.3) is 11.4 Å². The van der Waals surface area contributed by atoms with Gasteiger partial charge in [0.05, 0.1) is 0 Å². The molecule has 0 radical (unpaired) electrons. The Morgan fingerprint density at radius 1 is 1.30 bits per heavy atom. The van der Waals surface area contributed by atoms with Crippen LogP contribution in [-0.2, 0) is 6.54 Å². The van der Waals surface area contributed by atoms with Crippen molar-refractivity contribution in [1.29, 1.82) is 0 Å². The molecule has 146 valence electrons. The first-order valence-electron chi connectivity index (χ1n) is 9.48. The van der Waals surface area contributed by atoms with Crippen molar-refractivity contribution < 1.29 is 0 Å². The number of aromatic nitrogens is 3. The number of halogens is 1. The second-order valence-corrected chi connectivity index (χ2v) is 7.07. The first-order chi connectivity index (χ1) is 12.8. The Hall–Kier alpha value is -1.68. The lowest BCUT2D eigenvalue weighted by Crippen LogP contribution is -2.42. The van der Waals surface area contributed by atoms with Gasteiger partial charge in [-0.3, -0.25) is 15.0 Å². The fourth-order valence-electron chi connectivity index (χ4n) is 4.03. The van der Waals surface area contributed by atoms with Crippen molar-refractivity contribution in [3.63, 3.8) is 0 Å². The first kappa shape index (κ1) is 20.1. The van der Waals surface area contributed by atoms with E-state index in [1.165, 1.54) is 44.2 Å². The molecule has 2 fully saturated rings. The molecular weight excluding hydrogens is 453 g/mol. The fraction of sp³-hybridized carbons (Fsp3) is 0.526. The number of H-pyrrole nitrogens is 1. The highest BCUT2D eigenvalue weighted by atomic mass is 127. The molecule has 2 N–H and O–H groups in total. The van der Waals surface area contributed by atoms with E-state index >= 15 is 0 Å². The SMILES string of the molecule is CN=C(NCc1cccc(-c2ncn[nH]2)c1)N1CCC(N2CCCC2)C1.I. The standard InChI is InChI=1S/C19H27N7.HI/c1-20-19(26-10-7-17(13-26)25-8-2-3-9-25)21-12-15-5-4-6-16(11-15)18-22-14-23-24-18;/h4-6,11,14,17H,2-3,7-10,12-13H2,1H3,(H,20,21)(H,22,23,24);1H. The Labute approximate surface area is 177 Å². The van der Waals surface area contributed by atoms with Gasteiger partial charge in [0.25, 0.3) is 0 Å². The molecule has 0 amide bonds. The summed E-state index contributed by atoms with van der Waals surface area (Å²) in [5.41, 5.74) is 2.25. The van der Waals surface area contributed by atoms with E-state index < -0.39 is 0 Å². The van der Waals surface area contributed by atoms with Crippen LogP contribution in [0, 0.1) is 0 Å². The third-order valence-corrected chi connectivity index (χ3v) is 5.40. The number of nitrogens with one attached hydrogen (secondary N) is 2. The van der Waals surface area contributed by atoms with Gasteiger partial charge in [0.1, 0.15) is 6.33 Å². The maximum absolute atomic E-state index is 4.50. The molecule has 3 heterocycles. The second-order valence-electron chi connectivity index (χ2n) is 7.07. The van der Waals surface area contributed by atoms with Crippen LogP contribution in [0.2, 0.25) is 0 Å². The van der Waals surface area contributed by atoms with Crippen molar-refractivity contribution in [2.45, 2.75) is 31.8 Å². The molecule has 1 unspecified atom stereocenters. The van der Waals surface area contributed by atoms with Gasteiger partial charge in [0, 0.05) is 38.3 Å². The molecule has 0 bridgehead atoms. The van der Waals surface area contributed by atoms with E-state index in [9.17, 15) is 0 Å². The maximum atomic E-state index is 4.50. The maximum Gasteiger partial charge on any atom is 0.193 e. The summed E-state index contributed by atoms with van der Waals surface area (Å²) in [6.45, 7) is 5.44. The van der Waals surface area contributed by atoms with Gasteiger partial charge in [0.2, 0.25) is 0 Å². The van der Waals surface area contributed by atoms with Gasteiger partial charge in [0.15, 0.2) is 11.8 Å². The molecule has 0 saturated carbocycles. The van der Waals surface area contributed by atoms with Crippen molar-refractivity contribution in [3.05, 3.63) is 36.2 Å². The molecule has 4 rings (SSSR count). The average molecular weight is 481 g/mol. The fourth-order valence-corrected chi connectivity index (χ4v) is 4.03. The molecule has 2 aliphatic heterocycles. The minimum Gasteiger partial charge on any atom is -0.352 e. The number of aromatic amines is 1. The average Bonchev–Trinajstić information content (AvgIpc) is 3.43. The van der Waals surface area contributed by atoms with E-state index in [1.807, 2.05) is 13.1 Å². The van der Waals surface area contributed by atoms with Gasteiger partial charge in [-0.1, -0.05) is 18.2 Å². The summed E-state index contributed by atoms with van der Waals surface area (Å²) in [6.07, 6.45) is 5.48. The van der Waals surface area contributed by atoms with Crippen molar-refractivity contribution >= 4 is 29.9 Å². The lowest BCUT2D eigenvalue weighted by molar-refractivity contribution is 0.249. The topological polar surface area (TPSA) is 72.4 Å². The van der Waals surface area contributed by atoms with Gasteiger partial charge in [-0.15, -0.1) is 24.0 Å². The number of nitrogens with zero attached hydrogens (tertiary/aromatic N) is 5. The third-order valence-electron chi connectivity index (χ3n) is 5.40.